The highest BCUT2D eigenvalue weighted by Crippen LogP contribution is 2.22. The number of allylic oxidation sites excluding steroid dienone is 2. The topological polar surface area (TPSA) is 55.4 Å². The van der Waals surface area contributed by atoms with E-state index in [-0.39, 0.29) is 17.8 Å². The fourth-order valence-corrected chi connectivity index (χ4v) is 2.61. The van der Waals surface area contributed by atoms with Gasteiger partial charge in [-0.3, -0.25) is 9.59 Å². The van der Waals surface area contributed by atoms with E-state index in [0.717, 1.165) is 29.7 Å². The lowest BCUT2D eigenvalue weighted by molar-refractivity contribution is -0.153. The predicted octanol–water partition coefficient (Wildman–Crippen LogP) is 3.53. The largest absolute Gasteiger partial charge is 0.453 e. The molecule has 0 aromatic heterocycles. The fourth-order valence-electron chi connectivity index (χ4n) is 2.61. The van der Waals surface area contributed by atoms with Crippen molar-refractivity contribution in [3.63, 3.8) is 0 Å². The second-order valence-corrected chi connectivity index (χ2v) is 5.86. The molecule has 0 radical (unpaired) electrons. The SMILES string of the molecule is Cc1cccc(C)c1NC(=O)[C@H](C)OC(=O)C[C@@H]1C=CCC1. The quantitative estimate of drug-likeness (QED) is 0.668. The zero-order valence-electron chi connectivity index (χ0n) is 13.4. The van der Waals surface area contributed by atoms with Gasteiger partial charge < -0.3 is 10.1 Å². The van der Waals surface area contributed by atoms with Crippen LogP contribution in [0, 0.1) is 19.8 Å². The summed E-state index contributed by atoms with van der Waals surface area (Å²) in [6.45, 7) is 5.47. The van der Waals surface area contributed by atoms with Crippen molar-refractivity contribution in [2.75, 3.05) is 5.32 Å². The highest BCUT2D eigenvalue weighted by Gasteiger charge is 2.21. The van der Waals surface area contributed by atoms with Gasteiger partial charge in [0.1, 0.15) is 0 Å². The minimum absolute atomic E-state index is 0.251. The van der Waals surface area contributed by atoms with E-state index >= 15 is 0 Å². The van der Waals surface area contributed by atoms with Crippen LogP contribution in [0.2, 0.25) is 0 Å². The molecule has 2 atom stereocenters. The number of benzene rings is 1. The second-order valence-electron chi connectivity index (χ2n) is 5.86. The number of carbonyl (C=O) groups is 2. The minimum Gasteiger partial charge on any atom is -0.453 e. The molecule has 118 valence electrons. The van der Waals surface area contributed by atoms with Gasteiger partial charge in [-0.1, -0.05) is 30.4 Å². The van der Waals surface area contributed by atoms with Gasteiger partial charge in [0.25, 0.3) is 5.91 Å². The molecule has 1 aliphatic carbocycles. The molecule has 0 unspecified atom stereocenters. The van der Waals surface area contributed by atoms with E-state index in [1.807, 2.05) is 38.1 Å². The van der Waals surface area contributed by atoms with Crippen molar-refractivity contribution >= 4 is 17.6 Å². The molecule has 0 spiro atoms. The number of rotatable bonds is 5. The van der Waals surface area contributed by atoms with Crippen molar-refractivity contribution in [3.8, 4) is 0 Å². The van der Waals surface area contributed by atoms with E-state index in [1.54, 1.807) is 6.92 Å². The second kappa shape index (κ2) is 7.25. The normalized spacial score (nSPS) is 18.0. The average molecular weight is 301 g/mol. The van der Waals surface area contributed by atoms with Gasteiger partial charge in [-0.05, 0) is 50.7 Å². The van der Waals surface area contributed by atoms with Crippen LogP contribution in [0.15, 0.2) is 30.4 Å². The number of para-hydroxylation sites is 1. The summed E-state index contributed by atoms with van der Waals surface area (Å²) in [4.78, 5) is 24.1. The predicted molar refractivity (Wildman–Crippen MR) is 86.6 cm³/mol. The fraction of sp³-hybridized carbons (Fsp3) is 0.444. The molecular weight excluding hydrogens is 278 g/mol. The summed E-state index contributed by atoms with van der Waals surface area (Å²) in [6, 6.07) is 5.82. The Balaban J connectivity index is 1.89. The summed E-state index contributed by atoms with van der Waals surface area (Å²) in [5.74, 6) is -0.366. The average Bonchev–Trinajstić information content (AvgIpc) is 2.95. The molecule has 0 aliphatic heterocycles. The van der Waals surface area contributed by atoms with Gasteiger partial charge in [0.15, 0.2) is 6.10 Å². The Morgan fingerprint density at radius 1 is 1.32 bits per heavy atom. The first-order valence-corrected chi connectivity index (χ1v) is 7.70. The molecule has 0 saturated heterocycles. The van der Waals surface area contributed by atoms with Crippen LogP contribution >= 0.6 is 0 Å². The van der Waals surface area contributed by atoms with Gasteiger partial charge in [-0.25, -0.2) is 0 Å². The molecule has 1 aromatic rings. The summed E-state index contributed by atoms with van der Waals surface area (Å²) < 4.78 is 5.24. The summed E-state index contributed by atoms with van der Waals surface area (Å²) in [5.41, 5.74) is 2.76. The molecular formula is C18H23NO3. The molecule has 0 heterocycles. The van der Waals surface area contributed by atoms with E-state index < -0.39 is 6.10 Å². The van der Waals surface area contributed by atoms with Crippen LogP contribution in [0.1, 0.15) is 37.3 Å². The molecule has 0 fully saturated rings. The van der Waals surface area contributed by atoms with Crippen LogP contribution < -0.4 is 5.32 Å². The molecule has 0 bridgehead atoms. The third-order valence-corrected chi connectivity index (χ3v) is 3.95. The number of nitrogens with one attached hydrogen (secondary N) is 1. The van der Waals surface area contributed by atoms with Crippen LogP contribution in [-0.4, -0.2) is 18.0 Å². The summed E-state index contributed by atoms with van der Waals surface area (Å²) in [6.07, 6.45) is 5.67. The highest BCUT2D eigenvalue weighted by atomic mass is 16.5. The van der Waals surface area contributed by atoms with Crippen molar-refractivity contribution in [2.24, 2.45) is 5.92 Å². The van der Waals surface area contributed by atoms with Crippen LogP contribution in [0.25, 0.3) is 0 Å². The lowest BCUT2D eigenvalue weighted by Gasteiger charge is -2.17. The Morgan fingerprint density at radius 3 is 2.59 bits per heavy atom. The number of ether oxygens (including phenoxy) is 1. The number of carbonyl (C=O) groups excluding carboxylic acids is 2. The van der Waals surface area contributed by atoms with Crippen LogP contribution in [0.3, 0.4) is 0 Å². The Morgan fingerprint density at radius 2 is 2.00 bits per heavy atom. The van der Waals surface area contributed by atoms with Gasteiger partial charge in [-0.15, -0.1) is 0 Å². The van der Waals surface area contributed by atoms with Crippen molar-refractivity contribution in [1.29, 1.82) is 0 Å². The Hall–Kier alpha value is -2.10. The molecule has 4 nitrogen and oxygen atoms in total. The monoisotopic (exact) mass is 301 g/mol. The first-order valence-electron chi connectivity index (χ1n) is 7.70. The van der Waals surface area contributed by atoms with E-state index in [4.69, 9.17) is 4.74 Å². The molecule has 22 heavy (non-hydrogen) atoms. The lowest BCUT2D eigenvalue weighted by atomic mass is 10.1. The highest BCUT2D eigenvalue weighted by molar-refractivity contribution is 5.96. The van der Waals surface area contributed by atoms with Crippen LogP contribution in [-0.2, 0) is 14.3 Å². The van der Waals surface area contributed by atoms with E-state index in [2.05, 4.69) is 11.4 Å². The maximum atomic E-state index is 12.2. The molecule has 1 aliphatic rings. The first-order chi connectivity index (χ1) is 10.5. The number of hydrogen-bond donors (Lipinski definition) is 1. The molecule has 1 amide bonds. The Kier molecular flexibility index (Phi) is 5.36. The van der Waals surface area contributed by atoms with Crippen molar-refractivity contribution < 1.29 is 14.3 Å². The van der Waals surface area contributed by atoms with Crippen LogP contribution in [0.5, 0.6) is 0 Å². The summed E-state index contributed by atoms with van der Waals surface area (Å²) in [7, 11) is 0. The van der Waals surface area contributed by atoms with Crippen molar-refractivity contribution in [3.05, 3.63) is 41.5 Å². The van der Waals surface area contributed by atoms with E-state index in [9.17, 15) is 9.59 Å². The smallest absolute Gasteiger partial charge is 0.307 e. The van der Waals surface area contributed by atoms with Gasteiger partial charge in [0.2, 0.25) is 0 Å². The minimum atomic E-state index is -0.795. The number of hydrogen-bond acceptors (Lipinski definition) is 3. The maximum Gasteiger partial charge on any atom is 0.307 e. The number of anilines is 1. The third-order valence-electron chi connectivity index (χ3n) is 3.95. The molecule has 4 heteroatoms. The molecule has 1 N–H and O–H groups in total. The number of amides is 1. The van der Waals surface area contributed by atoms with E-state index in [1.165, 1.54) is 0 Å². The van der Waals surface area contributed by atoms with Gasteiger partial charge >= 0.3 is 5.97 Å². The Bertz CT molecular complexity index is 572. The zero-order chi connectivity index (χ0) is 16.1. The van der Waals surface area contributed by atoms with Crippen molar-refractivity contribution in [1.82, 2.24) is 0 Å². The Labute approximate surface area is 131 Å². The molecule has 2 rings (SSSR count). The van der Waals surface area contributed by atoms with E-state index in [0.29, 0.717) is 6.42 Å². The maximum absolute atomic E-state index is 12.2. The standard InChI is InChI=1S/C18H23NO3/c1-12-7-6-8-13(2)17(12)19-18(21)14(3)22-16(20)11-15-9-4-5-10-15/h4,6-9,14-15H,5,10-11H2,1-3H3,(H,19,21)/t14-,15+/m0/s1. The van der Waals surface area contributed by atoms with Crippen molar-refractivity contribution in [2.45, 2.75) is 46.1 Å². The zero-order valence-corrected chi connectivity index (χ0v) is 13.4. The summed E-state index contributed by atoms with van der Waals surface area (Å²) >= 11 is 0. The number of aryl methyl sites for hydroxylation is 2. The lowest BCUT2D eigenvalue weighted by Crippen LogP contribution is -2.30. The van der Waals surface area contributed by atoms with Gasteiger partial charge in [-0.2, -0.15) is 0 Å². The van der Waals surface area contributed by atoms with Gasteiger partial charge in [0, 0.05) is 5.69 Å². The molecule has 0 saturated carbocycles. The van der Waals surface area contributed by atoms with Crippen LogP contribution in [0.4, 0.5) is 5.69 Å². The summed E-state index contributed by atoms with van der Waals surface area (Å²) in [5, 5.41) is 2.85. The van der Waals surface area contributed by atoms with Gasteiger partial charge in [0.05, 0.1) is 6.42 Å². The first kappa shape index (κ1) is 16.3. The third kappa shape index (κ3) is 4.20. The molecule has 1 aromatic carbocycles. The number of esters is 1.